The normalized spacial score (nSPS) is 16.6. The van der Waals surface area contributed by atoms with Crippen LogP contribution in [0.15, 0.2) is 60.9 Å². The number of amides is 2. The highest BCUT2D eigenvalue weighted by atomic mass is 16.6. The van der Waals surface area contributed by atoms with Gasteiger partial charge in [0.25, 0.3) is 5.91 Å². The van der Waals surface area contributed by atoms with E-state index in [4.69, 9.17) is 24.3 Å². The molecule has 0 bridgehead atoms. The molecule has 5 aromatic rings. The van der Waals surface area contributed by atoms with Crippen LogP contribution in [0.25, 0.3) is 44.8 Å². The van der Waals surface area contributed by atoms with E-state index in [0.717, 1.165) is 58.0 Å². The third-order valence-corrected chi connectivity index (χ3v) is 9.65. The van der Waals surface area contributed by atoms with E-state index >= 15 is 0 Å². The molecule has 0 spiro atoms. The molecule has 2 aromatic carbocycles. The molecule has 12 heteroatoms. The smallest absolute Gasteiger partial charge is 0.410 e. The highest BCUT2D eigenvalue weighted by molar-refractivity contribution is 6.01. The van der Waals surface area contributed by atoms with Crippen molar-refractivity contribution in [2.45, 2.75) is 72.3 Å². The number of hydrogen-bond acceptors (Lipinski definition) is 8. The Morgan fingerprint density at radius 1 is 1.00 bits per heavy atom. The molecule has 52 heavy (non-hydrogen) atoms. The number of aromatic nitrogens is 5. The van der Waals surface area contributed by atoms with E-state index in [0.29, 0.717) is 68.9 Å². The molecule has 1 atom stereocenters. The minimum Gasteiger partial charge on any atom is -0.444 e. The summed E-state index contributed by atoms with van der Waals surface area (Å²) in [7, 11) is 0. The summed E-state index contributed by atoms with van der Waals surface area (Å²) in [6.45, 7) is 13.2. The Balaban J connectivity index is 1.33. The average Bonchev–Trinajstić information content (AvgIpc) is 3.77. The van der Waals surface area contributed by atoms with Gasteiger partial charge in [-0.3, -0.25) is 9.78 Å². The summed E-state index contributed by atoms with van der Waals surface area (Å²) in [4.78, 5) is 43.6. The van der Waals surface area contributed by atoms with E-state index in [2.05, 4.69) is 35.1 Å². The number of imidazole rings is 1. The number of nitrogens with zero attached hydrogens (tertiary/aromatic N) is 6. The molecule has 1 N–H and O–H groups in total. The average molecular weight is 706 g/mol. The summed E-state index contributed by atoms with van der Waals surface area (Å²) in [5.74, 6) is 0.388. The lowest BCUT2D eigenvalue weighted by molar-refractivity contribution is -0.0365. The van der Waals surface area contributed by atoms with Crippen LogP contribution < -0.4 is 0 Å². The Morgan fingerprint density at radius 2 is 1.79 bits per heavy atom. The second-order valence-corrected chi connectivity index (χ2v) is 14.4. The molecule has 0 saturated carbocycles. The molecule has 2 amide bonds. The number of ether oxygens (including phenoxy) is 3. The van der Waals surface area contributed by atoms with Gasteiger partial charge >= 0.3 is 6.09 Å². The van der Waals surface area contributed by atoms with Crippen molar-refractivity contribution >= 4 is 22.9 Å². The van der Waals surface area contributed by atoms with E-state index in [1.54, 1.807) is 4.90 Å². The van der Waals surface area contributed by atoms with Crippen molar-refractivity contribution in [2.24, 2.45) is 0 Å². The van der Waals surface area contributed by atoms with Crippen LogP contribution in [0, 0.1) is 6.92 Å². The summed E-state index contributed by atoms with van der Waals surface area (Å²) in [6, 6.07) is 16.0. The van der Waals surface area contributed by atoms with Crippen molar-refractivity contribution in [2.75, 3.05) is 39.5 Å². The van der Waals surface area contributed by atoms with Crippen LogP contribution in [0.4, 0.5) is 4.79 Å². The summed E-state index contributed by atoms with van der Waals surface area (Å²) >= 11 is 0. The predicted octanol–water partition coefficient (Wildman–Crippen LogP) is 7.39. The van der Waals surface area contributed by atoms with Gasteiger partial charge in [-0.05, 0) is 82.7 Å². The highest BCUT2D eigenvalue weighted by Crippen LogP contribution is 2.37. The summed E-state index contributed by atoms with van der Waals surface area (Å²) < 4.78 is 19.4. The lowest BCUT2D eigenvalue weighted by Crippen LogP contribution is -2.41. The molecular weight excluding hydrogens is 658 g/mol. The fourth-order valence-electron chi connectivity index (χ4n) is 6.85. The fraction of sp³-hybridized carbons (Fsp3) is 0.425. The highest BCUT2D eigenvalue weighted by Gasteiger charge is 2.29. The van der Waals surface area contributed by atoms with Crippen molar-refractivity contribution in [3.63, 3.8) is 0 Å². The molecule has 0 aliphatic carbocycles. The maximum absolute atomic E-state index is 14.0. The van der Waals surface area contributed by atoms with Crippen molar-refractivity contribution in [1.82, 2.24) is 34.5 Å². The predicted molar refractivity (Wildman–Crippen MR) is 199 cm³/mol. The number of pyridine rings is 1. The Bertz CT molecular complexity index is 2050. The maximum Gasteiger partial charge on any atom is 0.410 e. The molecule has 2 fully saturated rings. The number of H-pyrrole nitrogens is 1. The van der Waals surface area contributed by atoms with Crippen molar-refractivity contribution in [3.05, 3.63) is 77.7 Å². The number of carbonyl (C=O) groups excluding carboxylic acids is 2. The Labute approximate surface area is 304 Å². The molecule has 3 aromatic heterocycles. The van der Waals surface area contributed by atoms with Crippen LogP contribution in [0.5, 0.6) is 0 Å². The molecule has 0 radical (unpaired) electrons. The quantitative estimate of drug-likeness (QED) is 0.177. The number of aromatic amines is 1. The third-order valence-electron chi connectivity index (χ3n) is 9.65. The van der Waals surface area contributed by atoms with E-state index in [1.165, 1.54) is 0 Å². The Morgan fingerprint density at radius 3 is 2.50 bits per heavy atom. The number of carbonyl (C=O) groups is 2. The van der Waals surface area contributed by atoms with Gasteiger partial charge in [-0.15, -0.1) is 0 Å². The monoisotopic (exact) mass is 705 g/mol. The molecular formula is C40H47N7O5. The van der Waals surface area contributed by atoms with E-state index in [1.807, 2.05) is 80.0 Å². The number of rotatable bonds is 8. The largest absolute Gasteiger partial charge is 0.444 e. The molecule has 12 nitrogen and oxygen atoms in total. The molecule has 2 aliphatic heterocycles. The van der Waals surface area contributed by atoms with Gasteiger partial charge in [-0.25, -0.2) is 14.5 Å². The van der Waals surface area contributed by atoms with Gasteiger partial charge in [0.15, 0.2) is 12.1 Å². The van der Waals surface area contributed by atoms with Crippen molar-refractivity contribution in [3.8, 4) is 33.9 Å². The lowest BCUT2D eigenvalue weighted by Gasteiger charge is -2.27. The van der Waals surface area contributed by atoms with Gasteiger partial charge in [-0.1, -0.05) is 36.4 Å². The van der Waals surface area contributed by atoms with Gasteiger partial charge < -0.3 is 29.0 Å². The fourth-order valence-corrected chi connectivity index (χ4v) is 6.85. The first-order valence-corrected chi connectivity index (χ1v) is 18.2. The van der Waals surface area contributed by atoms with Crippen LogP contribution >= 0.6 is 0 Å². The lowest BCUT2D eigenvalue weighted by atomic mass is 9.97. The number of fused-ring (bicyclic) bond motifs is 1. The zero-order valence-electron chi connectivity index (χ0n) is 30.6. The van der Waals surface area contributed by atoms with Gasteiger partial charge in [0.1, 0.15) is 22.7 Å². The minimum absolute atomic E-state index is 0.119. The van der Waals surface area contributed by atoms with Gasteiger partial charge in [-0.2, -0.15) is 5.10 Å². The van der Waals surface area contributed by atoms with E-state index in [-0.39, 0.29) is 18.2 Å². The first-order valence-electron chi connectivity index (χ1n) is 18.2. The summed E-state index contributed by atoms with van der Waals surface area (Å²) in [5.41, 5.74) is 6.64. The summed E-state index contributed by atoms with van der Waals surface area (Å²) in [6.07, 6.45) is 6.02. The standard InChI is InChI=1S/C40H47N7O5/c1-6-45(39(49)52-40(3,4)5)25-29-23-41-24-31(26(29)2)28-15-16-32-30(22-28)35(44-47(32)33-14-10-11-19-51-33)37-42-34(27-12-8-7-9-13-27)36(43-37)38(48)46-17-20-50-21-18-46/h7-9,12-13,15-16,22-24,33H,6,10-11,14,17-21,25H2,1-5H3,(H,42,43). The SMILES string of the molecule is CCN(Cc1cncc(-c2ccc3c(c2)c(-c2nc(-c4ccccc4)c(C(=O)N4CCOCC4)[nH]2)nn3C2CCCCO2)c1C)C(=O)OC(C)(C)C. The molecule has 1 unspecified atom stereocenters. The number of benzene rings is 2. The number of morpholine rings is 1. The van der Waals surface area contributed by atoms with E-state index in [9.17, 15) is 9.59 Å². The van der Waals surface area contributed by atoms with Gasteiger partial charge in [0.05, 0.1) is 25.3 Å². The van der Waals surface area contributed by atoms with Crippen molar-refractivity contribution in [1.29, 1.82) is 0 Å². The maximum atomic E-state index is 14.0. The van der Waals surface area contributed by atoms with Crippen LogP contribution in [-0.2, 0) is 20.8 Å². The zero-order chi connectivity index (χ0) is 36.4. The Hall–Kier alpha value is -5.07. The molecule has 5 heterocycles. The second kappa shape index (κ2) is 14.9. The van der Waals surface area contributed by atoms with Gasteiger partial charge in [0.2, 0.25) is 0 Å². The number of nitrogens with one attached hydrogen (secondary N) is 1. The third kappa shape index (κ3) is 7.31. The molecule has 7 rings (SSSR count). The van der Waals surface area contributed by atoms with Crippen molar-refractivity contribution < 1.29 is 23.8 Å². The first-order chi connectivity index (χ1) is 25.1. The summed E-state index contributed by atoms with van der Waals surface area (Å²) in [5, 5.41) is 6.03. The van der Waals surface area contributed by atoms with Gasteiger partial charge in [0, 0.05) is 55.1 Å². The van der Waals surface area contributed by atoms with Crippen LogP contribution in [0.2, 0.25) is 0 Å². The Kier molecular flexibility index (Phi) is 10.1. The molecule has 2 aliphatic rings. The topological polar surface area (TPSA) is 128 Å². The minimum atomic E-state index is -0.591. The molecule has 272 valence electrons. The second-order valence-electron chi connectivity index (χ2n) is 14.4. The van der Waals surface area contributed by atoms with E-state index < -0.39 is 5.60 Å². The first kappa shape index (κ1) is 35.3. The molecule has 2 saturated heterocycles. The van der Waals surface area contributed by atoms with Crippen LogP contribution in [0.1, 0.15) is 74.8 Å². The zero-order valence-corrected chi connectivity index (χ0v) is 30.6. The number of hydrogen-bond donors (Lipinski definition) is 1. The van der Waals surface area contributed by atoms with Crippen LogP contribution in [0.3, 0.4) is 0 Å². The van der Waals surface area contributed by atoms with Crippen LogP contribution in [-0.4, -0.2) is 91.6 Å².